The highest BCUT2D eigenvalue weighted by Gasteiger charge is 2.20. The lowest BCUT2D eigenvalue weighted by Gasteiger charge is -2.15. The van der Waals surface area contributed by atoms with Crippen molar-refractivity contribution in [1.82, 2.24) is 5.32 Å². The Balaban J connectivity index is 1.97. The number of carbonyl (C=O) groups excluding carboxylic acids is 1. The third-order valence-corrected chi connectivity index (χ3v) is 3.52. The summed E-state index contributed by atoms with van der Waals surface area (Å²) in [7, 11) is 0. The summed E-state index contributed by atoms with van der Waals surface area (Å²) in [6.45, 7) is 0. The van der Waals surface area contributed by atoms with Crippen molar-refractivity contribution in [2.45, 2.75) is 12.5 Å². The number of hydrogen-bond acceptors (Lipinski definition) is 2. The van der Waals surface area contributed by atoms with Gasteiger partial charge in [-0.3, -0.25) is 0 Å². The molecule has 0 saturated carbocycles. The zero-order valence-corrected chi connectivity index (χ0v) is 13.2. The second-order valence-corrected chi connectivity index (χ2v) is 5.60. The van der Waals surface area contributed by atoms with Crippen LogP contribution in [0.2, 0.25) is 0 Å². The van der Waals surface area contributed by atoms with Gasteiger partial charge in [-0.2, -0.15) is 0 Å². The van der Waals surface area contributed by atoms with Gasteiger partial charge in [0.15, 0.2) is 0 Å². The number of anilines is 1. The Bertz CT molecular complexity index is 644. The molecule has 0 aliphatic rings. The fourth-order valence-corrected chi connectivity index (χ4v) is 2.17. The number of carboxylic acid groups (broad SMARTS) is 1. The fraction of sp³-hybridized carbons (Fsp3) is 0.125. The standard InChI is InChI=1S/C16H15BrN2O3/c17-12-6-8-13(9-7-12)18-16(22)19-14(15(20)21)10-11-4-2-1-3-5-11/h1-9,14H,10H2,(H,20,21)(H2,18,19,22)/t14-/m1/s1. The molecule has 0 saturated heterocycles. The molecule has 2 rings (SSSR count). The molecule has 6 heteroatoms. The molecule has 2 amide bonds. The van der Waals surface area contributed by atoms with Crippen LogP contribution in [0.5, 0.6) is 0 Å². The summed E-state index contributed by atoms with van der Waals surface area (Å²) < 4.78 is 0.894. The maximum atomic E-state index is 11.9. The second-order valence-electron chi connectivity index (χ2n) is 4.69. The third kappa shape index (κ3) is 4.89. The first-order chi connectivity index (χ1) is 10.5. The smallest absolute Gasteiger partial charge is 0.326 e. The van der Waals surface area contributed by atoms with E-state index in [4.69, 9.17) is 0 Å². The van der Waals surface area contributed by atoms with Crippen molar-refractivity contribution in [2.75, 3.05) is 5.32 Å². The minimum atomic E-state index is -1.07. The molecule has 0 aromatic heterocycles. The number of nitrogens with one attached hydrogen (secondary N) is 2. The zero-order valence-electron chi connectivity index (χ0n) is 11.6. The Kier molecular flexibility index (Phi) is 5.55. The van der Waals surface area contributed by atoms with Gasteiger partial charge in [-0.25, -0.2) is 9.59 Å². The normalized spacial score (nSPS) is 11.5. The molecule has 2 aromatic carbocycles. The van der Waals surface area contributed by atoms with E-state index in [1.165, 1.54) is 0 Å². The highest BCUT2D eigenvalue weighted by Crippen LogP contribution is 2.14. The molecule has 0 heterocycles. The minimum Gasteiger partial charge on any atom is -0.480 e. The predicted molar refractivity (Wildman–Crippen MR) is 87.9 cm³/mol. The highest BCUT2D eigenvalue weighted by atomic mass is 79.9. The molecule has 0 radical (unpaired) electrons. The molecule has 114 valence electrons. The molecule has 0 unspecified atom stereocenters. The summed E-state index contributed by atoms with van der Waals surface area (Å²) in [4.78, 5) is 23.2. The lowest BCUT2D eigenvalue weighted by molar-refractivity contribution is -0.139. The van der Waals surface area contributed by atoms with E-state index in [1.54, 1.807) is 24.3 Å². The van der Waals surface area contributed by atoms with Crippen LogP contribution in [0.15, 0.2) is 59.1 Å². The van der Waals surface area contributed by atoms with Gasteiger partial charge in [-0.05, 0) is 29.8 Å². The highest BCUT2D eigenvalue weighted by molar-refractivity contribution is 9.10. The van der Waals surface area contributed by atoms with Crippen LogP contribution < -0.4 is 10.6 Å². The van der Waals surface area contributed by atoms with E-state index < -0.39 is 18.0 Å². The molecule has 3 N–H and O–H groups in total. The van der Waals surface area contributed by atoms with E-state index in [9.17, 15) is 14.7 Å². The van der Waals surface area contributed by atoms with Crippen molar-refractivity contribution in [3.05, 3.63) is 64.6 Å². The van der Waals surface area contributed by atoms with E-state index in [0.717, 1.165) is 10.0 Å². The summed E-state index contributed by atoms with van der Waals surface area (Å²) >= 11 is 3.30. The SMILES string of the molecule is O=C(Nc1ccc(Br)cc1)N[C@H](Cc1ccccc1)C(=O)O. The van der Waals surface area contributed by atoms with Gasteiger partial charge in [0.1, 0.15) is 6.04 Å². The Hall–Kier alpha value is -2.34. The van der Waals surface area contributed by atoms with Crippen LogP contribution in [-0.2, 0) is 11.2 Å². The molecule has 5 nitrogen and oxygen atoms in total. The van der Waals surface area contributed by atoms with Crippen LogP contribution in [-0.4, -0.2) is 23.1 Å². The maximum absolute atomic E-state index is 11.9. The molecular formula is C16H15BrN2O3. The average molecular weight is 363 g/mol. The summed E-state index contributed by atoms with van der Waals surface area (Å²) in [5.74, 6) is -1.07. The first kappa shape index (κ1) is 16.0. The van der Waals surface area contributed by atoms with Gasteiger partial charge in [0.05, 0.1) is 0 Å². The molecule has 0 fully saturated rings. The quantitative estimate of drug-likeness (QED) is 0.763. The van der Waals surface area contributed by atoms with Crippen LogP contribution in [0.3, 0.4) is 0 Å². The zero-order chi connectivity index (χ0) is 15.9. The van der Waals surface area contributed by atoms with Crippen molar-refractivity contribution in [3.63, 3.8) is 0 Å². The maximum Gasteiger partial charge on any atom is 0.326 e. The van der Waals surface area contributed by atoms with Crippen LogP contribution >= 0.6 is 15.9 Å². The number of carbonyl (C=O) groups is 2. The van der Waals surface area contributed by atoms with Crippen LogP contribution in [0.4, 0.5) is 10.5 Å². The van der Waals surface area contributed by atoms with Crippen LogP contribution in [0, 0.1) is 0 Å². The van der Waals surface area contributed by atoms with Crippen molar-refractivity contribution in [1.29, 1.82) is 0 Å². The van der Waals surface area contributed by atoms with Gasteiger partial charge >= 0.3 is 12.0 Å². The number of aliphatic carboxylic acids is 1. The average Bonchev–Trinajstić information content (AvgIpc) is 2.50. The fourth-order valence-electron chi connectivity index (χ4n) is 1.91. The third-order valence-electron chi connectivity index (χ3n) is 2.99. The number of halogens is 1. The molecule has 2 aromatic rings. The van der Waals surface area contributed by atoms with E-state index >= 15 is 0 Å². The van der Waals surface area contributed by atoms with Crippen LogP contribution in [0.25, 0.3) is 0 Å². The summed E-state index contributed by atoms with van der Waals surface area (Å²) in [5.41, 5.74) is 1.43. The molecule has 0 spiro atoms. The van der Waals surface area contributed by atoms with Crippen molar-refractivity contribution >= 4 is 33.6 Å². The number of benzene rings is 2. The van der Waals surface area contributed by atoms with Crippen molar-refractivity contribution in [2.24, 2.45) is 0 Å². The minimum absolute atomic E-state index is 0.226. The lowest BCUT2D eigenvalue weighted by atomic mass is 10.1. The molecule has 22 heavy (non-hydrogen) atoms. The lowest BCUT2D eigenvalue weighted by Crippen LogP contribution is -2.44. The van der Waals surface area contributed by atoms with E-state index in [1.807, 2.05) is 30.3 Å². The summed E-state index contributed by atoms with van der Waals surface area (Å²) in [6.07, 6.45) is 0.226. The topological polar surface area (TPSA) is 78.4 Å². The van der Waals surface area contributed by atoms with Crippen molar-refractivity contribution in [3.8, 4) is 0 Å². The first-order valence-electron chi connectivity index (χ1n) is 6.64. The molecular weight excluding hydrogens is 348 g/mol. The van der Waals surface area contributed by atoms with Gasteiger partial charge in [-0.1, -0.05) is 46.3 Å². The Morgan fingerprint density at radius 2 is 1.68 bits per heavy atom. The number of rotatable bonds is 5. The number of carboxylic acids is 1. The number of amides is 2. The van der Waals surface area contributed by atoms with Gasteiger partial charge in [-0.15, -0.1) is 0 Å². The van der Waals surface area contributed by atoms with Gasteiger partial charge in [0.25, 0.3) is 0 Å². The van der Waals surface area contributed by atoms with E-state index in [-0.39, 0.29) is 6.42 Å². The Morgan fingerprint density at radius 3 is 2.27 bits per heavy atom. The number of hydrogen-bond donors (Lipinski definition) is 3. The Morgan fingerprint density at radius 1 is 1.05 bits per heavy atom. The van der Waals surface area contributed by atoms with Gasteiger partial charge in [0.2, 0.25) is 0 Å². The van der Waals surface area contributed by atoms with Gasteiger partial charge < -0.3 is 15.7 Å². The molecule has 1 atom stereocenters. The predicted octanol–water partition coefficient (Wildman–Crippen LogP) is 3.27. The summed E-state index contributed by atoms with van der Waals surface area (Å²) in [6, 6.07) is 14.6. The van der Waals surface area contributed by atoms with Crippen LogP contribution in [0.1, 0.15) is 5.56 Å². The molecule has 0 aliphatic carbocycles. The molecule has 0 bridgehead atoms. The summed E-state index contributed by atoms with van der Waals surface area (Å²) in [5, 5.41) is 14.3. The monoisotopic (exact) mass is 362 g/mol. The Labute approximate surface area is 136 Å². The van der Waals surface area contributed by atoms with E-state index in [0.29, 0.717) is 5.69 Å². The molecule has 0 aliphatic heterocycles. The van der Waals surface area contributed by atoms with Gasteiger partial charge in [0, 0.05) is 16.6 Å². The largest absolute Gasteiger partial charge is 0.480 e. The second kappa shape index (κ2) is 7.61. The number of urea groups is 1. The first-order valence-corrected chi connectivity index (χ1v) is 7.44. The van der Waals surface area contributed by atoms with Crippen molar-refractivity contribution < 1.29 is 14.7 Å². The van der Waals surface area contributed by atoms with E-state index in [2.05, 4.69) is 26.6 Å².